The van der Waals surface area contributed by atoms with E-state index in [4.69, 9.17) is 4.74 Å². The molecule has 0 saturated carbocycles. The molecule has 1 aliphatic heterocycles. The molecule has 0 bridgehead atoms. The van der Waals surface area contributed by atoms with Crippen LogP contribution in [-0.4, -0.2) is 54.7 Å². The smallest absolute Gasteiger partial charge is 0.325 e. The Bertz CT molecular complexity index is 980. The van der Waals surface area contributed by atoms with Crippen LogP contribution >= 0.6 is 0 Å². The van der Waals surface area contributed by atoms with E-state index in [9.17, 15) is 14.7 Å². The first-order valence-electron chi connectivity index (χ1n) is 13.3. The molecule has 0 spiro atoms. The molecule has 0 aliphatic carbocycles. The van der Waals surface area contributed by atoms with E-state index in [-0.39, 0.29) is 29.8 Å². The van der Waals surface area contributed by atoms with Gasteiger partial charge in [-0.05, 0) is 60.4 Å². The van der Waals surface area contributed by atoms with E-state index >= 15 is 0 Å². The number of phenolic OH excluding ortho intramolecular Hbond substituents is 1. The van der Waals surface area contributed by atoms with Crippen molar-refractivity contribution in [1.29, 1.82) is 0 Å². The van der Waals surface area contributed by atoms with Crippen molar-refractivity contribution in [2.75, 3.05) is 32.8 Å². The Labute approximate surface area is 216 Å². The Balaban J connectivity index is 1.61. The average molecular weight is 495 g/mol. The van der Waals surface area contributed by atoms with Gasteiger partial charge in [-0.1, -0.05) is 76.1 Å². The summed E-state index contributed by atoms with van der Waals surface area (Å²) >= 11 is 0. The number of phenols is 1. The second-order valence-corrected chi connectivity index (χ2v) is 10.4. The summed E-state index contributed by atoms with van der Waals surface area (Å²) in [6.07, 6.45) is 4.50. The number of likely N-dealkylation sites (tertiary alicyclic amines) is 1. The zero-order chi connectivity index (χ0) is 26.0. The van der Waals surface area contributed by atoms with Gasteiger partial charge in [0.05, 0.1) is 12.5 Å². The first-order chi connectivity index (χ1) is 17.3. The highest BCUT2D eigenvalue weighted by Crippen LogP contribution is 2.40. The van der Waals surface area contributed by atoms with E-state index in [0.717, 1.165) is 49.9 Å². The molecular weight excluding hydrogens is 452 g/mol. The van der Waals surface area contributed by atoms with Crippen LogP contribution in [0.25, 0.3) is 0 Å². The van der Waals surface area contributed by atoms with Gasteiger partial charge in [0.15, 0.2) is 0 Å². The molecule has 2 aromatic rings. The minimum Gasteiger partial charge on any atom is -0.508 e. The number of ether oxygens (including phenoxy) is 1. The molecule has 3 atom stereocenters. The lowest BCUT2D eigenvalue weighted by Gasteiger charge is -2.45. The number of carbonyl (C=O) groups is 2. The number of unbranched alkanes of at least 4 members (excludes halogenated alkanes) is 2. The predicted octanol–water partition coefficient (Wildman–Crippen LogP) is 4.70. The van der Waals surface area contributed by atoms with Crippen molar-refractivity contribution in [3.05, 3.63) is 65.7 Å². The van der Waals surface area contributed by atoms with Crippen LogP contribution in [0.1, 0.15) is 57.6 Å². The summed E-state index contributed by atoms with van der Waals surface area (Å²) in [5, 5.41) is 12.8. The van der Waals surface area contributed by atoms with Gasteiger partial charge >= 0.3 is 5.97 Å². The monoisotopic (exact) mass is 494 g/mol. The molecule has 2 N–H and O–H groups in total. The molecule has 1 fully saturated rings. The first-order valence-corrected chi connectivity index (χ1v) is 13.3. The highest BCUT2D eigenvalue weighted by molar-refractivity contribution is 5.83. The van der Waals surface area contributed by atoms with E-state index in [1.54, 1.807) is 6.07 Å². The number of rotatable bonds is 12. The van der Waals surface area contributed by atoms with Crippen LogP contribution in [-0.2, 0) is 26.2 Å². The fourth-order valence-corrected chi connectivity index (χ4v) is 5.12. The standard InChI is InChI=1S/C30H42N2O4/c1-4-5-9-17-36-28(34)20-31-29(35)25(18-24-11-7-6-8-12-24)22-32-16-15-30(3,23(2)21-32)26-13-10-14-27(33)19-26/h6-8,10-14,19,23,25,33H,4-5,9,15-18,20-22H2,1-3H3,(H,31,35). The topological polar surface area (TPSA) is 78.9 Å². The van der Waals surface area contributed by atoms with Crippen LogP contribution < -0.4 is 5.32 Å². The summed E-state index contributed by atoms with van der Waals surface area (Å²) in [5.41, 5.74) is 2.23. The van der Waals surface area contributed by atoms with Gasteiger partial charge in [-0.25, -0.2) is 0 Å². The minimum absolute atomic E-state index is 0.0338. The molecular formula is C30H42N2O4. The molecule has 36 heavy (non-hydrogen) atoms. The number of aromatic hydroxyl groups is 1. The third-order valence-electron chi connectivity index (χ3n) is 7.66. The van der Waals surface area contributed by atoms with Crippen molar-refractivity contribution >= 4 is 11.9 Å². The van der Waals surface area contributed by atoms with Crippen molar-refractivity contribution in [3.63, 3.8) is 0 Å². The zero-order valence-electron chi connectivity index (χ0n) is 22.0. The van der Waals surface area contributed by atoms with Gasteiger partial charge in [0.2, 0.25) is 5.91 Å². The van der Waals surface area contributed by atoms with Crippen molar-refractivity contribution in [1.82, 2.24) is 10.2 Å². The summed E-state index contributed by atoms with van der Waals surface area (Å²) in [4.78, 5) is 27.7. The number of hydrogen-bond acceptors (Lipinski definition) is 5. The molecule has 1 amide bonds. The zero-order valence-corrected chi connectivity index (χ0v) is 22.0. The Morgan fingerprint density at radius 1 is 1.17 bits per heavy atom. The van der Waals surface area contributed by atoms with E-state index in [1.807, 2.05) is 42.5 Å². The van der Waals surface area contributed by atoms with E-state index in [1.165, 1.54) is 0 Å². The molecule has 196 valence electrons. The largest absolute Gasteiger partial charge is 0.508 e. The van der Waals surface area contributed by atoms with Crippen LogP contribution in [0, 0.1) is 11.8 Å². The predicted molar refractivity (Wildman–Crippen MR) is 143 cm³/mol. The lowest BCUT2D eigenvalue weighted by atomic mass is 9.68. The van der Waals surface area contributed by atoms with Crippen LogP contribution in [0.5, 0.6) is 5.75 Å². The Kier molecular flexibility index (Phi) is 10.4. The van der Waals surface area contributed by atoms with Crippen molar-refractivity contribution in [2.24, 2.45) is 11.8 Å². The van der Waals surface area contributed by atoms with Gasteiger partial charge in [-0.2, -0.15) is 0 Å². The lowest BCUT2D eigenvalue weighted by molar-refractivity contribution is -0.144. The highest BCUT2D eigenvalue weighted by Gasteiger charge is 2.39. The molecule has 3 unspecified atom stereocenters. The first kappa shape index (κ1) is 27.7. The number of amides is 1. The fraction of sp³-hybridized carbons (Fsp3) is 0.533. The summed E-state index contributed by atoms with van der Waals surface area (Å²) in [6.45, 7) is 9.29. The minimum atomic E-state index is -0.383. The second kappa shape index (κ2) is 13.4. The fourth-order valence-electron chi connectivity index (χ4n) is 5.12. The lowest BCUT2D eigenvalue weighted by Crippen LogP contribution is -2.50. The van der Waals surface area contributed by atoms with Gasteiger partial charge < -0.3 is 20.1 Å². The number of nitrogens with zero attached hydrogens (tertiary/aromatic N) is 1. The molecule has 1 heterocycles. The van der Waals surface area contributed by atoms with Crippen LogP contribution in [0.3, 0.4) is 0 Å². The van der Waals surface area contributed by atoms with Crippen LogP contribution in [0.15, 0.2) is 54.6 Å². The SMILES string of the molecule is CCCCCOC(=O)CNC(=O)C(Cc1ccccc1)CN1CCC(C)(c2cccc(O)c2)C(C)C1. The van der Waals surface area contributed by atoms with Gasteiger partial charge in [0, 0.05) is 13.1 Å². The maximum absolute atomic E-state index is 13.2. The van der Waals surface area contributed by atoms with Crippen molar-refractivity contribution in [2.45, 2.75) is 58.3 Å². The number of hydrogen-bond donors (Lipinski definition) is 2. The summed E-state index contributed by atoms with van der Waals surface area (Å²) in [6, 6.07) is 17.6. The number of benzene rings is 2. The second-order valence-electron chi connectivity index (χ2n) is 10.4. The normalized spacial score (nSPS) is 21.0. The summed E-state index contributed by atoms with van der Waals surface area (Å²) in [7, 11) is 0. The Hall–Kier alpha value is -2.86. The number of esters is 1. The molecule has 0 radical (unpaired) electrons. The molecule has 1 aliphatic rings. The van der Waals surface area contributed by atoms with Gasteiger partial charge in [0.25, 0.3) is 0 Å². The van der Waals surface area contributed by atoms with Gasteiger partial charge in [-0.3, -0.25) is 9.59 Å². The molecule has 3 rings (SSSR count). The van der Waals surface area contributed by atoms with Gasteiger partial charge in [-0.15, -0.1) is 0 Å². The number of nitrogens with one attached hydrogen (secondary N) is 1. The number of carbonyl (C=O) groups excluding carboxylic acids is 2. The van der Waals surface area contributed by atoms with Crippen molar-refractivity contribution < 1.29 is 19.4 Å². The van der Waals surface area contributed by atoms with Crippen molar-refractivity contribution in [3.8, 4) is 5.75 Å². The third kappa shape index (κ3) is 7.82. The number of piperidine rings is 1. The van der Waals surface area contributed by atoms with E-state index in [2.05, 4.69) is 37.1 Å². The third-order valence-corrected chi connectivity index (χ3v) is 7.66. The maximum Gasteiger partial charge on any atom is 0.325 e. The average Bonchev–Trinajstić information content (AvgIpc) is 2.87. The Morgan fingerprint density at radius 3 is 2.64 bits per heavy atom. The quantitative estimate of drug-likeness (QED) is 0.330. The molecule has 2 aromatic carbocycles. The van der Waals surface area contributed by atoms with E-state index in [0.29, 0.717) is 31.2 Å². The Morgan fingerprint density at radius 2 is 1.94 bits per heavy atom. The van der Waals surface area contributed by atoms with E-state index < -0.39 is 0 Å². The molecule has 0 aromatic heterocycles. The molecule has 6 heteroatoms. The van der Waals surface area contributed by atoms with Crippen LogP contribution in [0.2, 0.25) is 0 Å². The summed E-state index contributed by atoms with van der Waals surface area (Å²) in [5.74, 6) is -0.110. The maximum atomic E-state index is 13.2. The molecule has 1 saturated heterocycles. The molecule has 6 nitrogen and oxygen atoms in total. The van der Waals surface area contributed by atoms with Gasteiger partial charge in [0.1, 0.15) is 12.3 Å². The highest BCUT2D eigenvalue weighted by atomic mass is 16.5. The van der Waals surface area contributed by atoms with Crippen LogP contribution in [0.4, 0.5) is 0 Å². The summed E-state index contributed by atoms with van der Waals surface area (Å²) < 4.78 is 5.25.